The third kappa shape index (κ3) is 3.10. The Hall–Kier alpha value is 0.0800. The minimum atomic E-state index is -3.63. The van der Waals surface area contributed by atoms with E-state index < -0.39 is 33.7 Å². The van der Waals surface area contributed by atoms with Crippen molar-refractivity contribution in [2.75, 3.05) is 12.9 Å². The van der Waals surface area contributed by atoms with Crippen molar-refractivity contribution in [1.82, 2.24) is 0 Å². The van der Waals surface area contributed by atoms with Gasteiger partial charge in [-0.2, -0.15) is 8.42 Å². The van der Waals surface area contributed by atoms with Gasteiger partial charge in [-0.3, -0.25) is 4.18 Å². The molecule has 17 heavy (non-hydrogen) atoms. The van der Waals surface area contributed by atoms with Crippen molar-refractivity contribution < 1.29 is 26.8 Å². The highest BCUT2D eigenvalue weighted by Gasteiger charge is 2.52. The van der Waals surface area contributed by atoms with Crippen molar-refractivity contribution in [3.05, 3.63) is 0 Å². The Morgan fingerprint density at radius 1 is 1.35 bits per heavy atom. The number of halogens is 1. The molecule has 0 N–H and O–H groups in total. The summed E-state index contributed by atoms with van der Waals surface area (Å²) < 4.78 is 43.6. The molecule has 6 nitrogen and oxygen atoms in total. The van der Waals surface area contributed by atoms with Crippen LogP contribution < -0.4 is 0 Å². The minimum absolute atomic E-state index is 0.256. The van der Waals surface area contributed by atoms with Gasteiger partial charge >= 0.3 is 0 Å². The maximum Gasteiger partial charge on any atom is 0.264 e. The summed E-state index contributed by atoms with van der Waals surface area (Å²) in [6.07, 6.45) is -0.851. The van der Waals surface area contributed by atoms with Gasteiger partial charge in [0, 0.05) is 0 Å². The van der Waals surface area contributed by atoms with E-state index in [-0.39, 0.29) is 12.7 Å². The molecule has 2 heterocycles. The lowest BCUT2D eigenvalue weighted by molar-refractivity contribution is -0.151. The van der Waals surface area contributed by atoms with Crippen LogP contribution in [-0.4, -0.2) is 50.9 Å². The normalized spacial score (nSPS) is 41.2. The van der Waals surface area contributed by atoms with Crippen LogP contribution in [0.4, 0.5) is 0 Å². The van der Waals surface area contributed by atoms with Crippen LogP contribution in [0.3, 0.4) is 0 Å². The van der Waals surface area contributed by atoms with Crippen LogP contribution in [0, 0.1) is 0 Å². The van der Waals surface area contributed by atoms with Gasteiger partial charge < -0.3 is 14.2 Å². The van der Waals surface area contributed by atoms with Gasteiger partial charge in [-0.1, -0.05) is 11.6 Å². The number of ether oxygens (including phenoxy) is 3. The number of hydrogen-bond acceptors (Lipinski definition) is 6. The molecule has 100 valence electrons. The average molecular weight is 287 g/mol. The Morgan fingerprint density at radius 3 is 2.59 bits per heavy atom. The van der Waals surface area contributed by atoms with Gasteiger partial charge in [0.15, 0.2) is 11.4 Å². The molecule has 0 unspecified atom stereocenters. The molecular formula is C9H15ClO6S. The summed E-state index contributed by atoms with van der Waals surface area (Å²) in [4.78, 5) is 0. The average Bonchev–Trinajstić information content (AvgIpc) is 2.44. The second-order valence-electron chi connectivity index (χ2n) is 4.59. The van der Waals surface area contributed by atoms with Crippen molar-refractivity contribution in [3.8, 4) is 0 Å². The van der Waals surface area contributed by atoms with Gasteiger partial charge in [0.25, 0.3) is 10.1 Å². The summed E-state index contributed by atoms with van der Waals surface area (Å²) in [5, 5.41) is 0. The number of alkyl halides is 1. The molecule has 0 radical (unpaired) electrons. The van der Waals surface area contributed by atoms with Crippen LogP contribution in [0.5, 0.6) is 0 Å². The van der Waals surface area contributed by atoms with Crippen LogP contribution in [0.1, 0.15) is 13.8 Å². The number of rotatable bonds is 2. The molecule has 0 saturated carbocycles. The van der Waals surface area contributed by atoms with E-state index in [0.29, 0.717) is 0 Å². The van der Waals surface area contributed by atoms with E-state index in [0.717, 1.165) is 6.26 Å². The van der Waals surface area contributed by atoms with Crippen molar-refractivity contribution >= 4 is 21.7 Å². The minimum Gasteiger partial charge on any atom is -0.357 e. The third-order valence-corrected chi connectivity index (χ3v) is 3.46. The van der Waals surface area contributed by atoms with Crippen molar-refractivity contribution in [1.29, 1.82) is 0 Å². The molecule has 2 saturated heterocycles. The largest absolute Gasteiger partial charge is 0.357 e. The molecule has 0 aromatic heterocycles. The Labute approximate surface area is 105 Å². The second-order valence-corrected chi connectivity index (χ2v) is 6.62. The Balaban J connectivity index is 2.18. The van der Waals surface area contributed by atoms with Gasteiger partial charge in [-0.15, -0.1) is 0 Å². The quantitative estimate of drug-likeness (QED) is 0.542. The van der Waals surface area contributed by atoms with E-state index in [1.54, 1.807) is 13.8 Å². The van der Waals surface area contributed by atoms with Crippen molar-refractivity contribution in [2.45, 2.75) is 43.5 Å². The zero-order valence-electron chi connectivity index (χ0n) is 9.75. The fourth-order valence-corrected chi connectivity index (χ4v) is 2.94. The van der Waals surface area contributed by atoms with E-state index in [2.05, 4.69) is 0 Å². The standard InChI is InChI=1S/C9H15ClO6S/c1-9(2)14-5-4-13-8(10)7(6(5)15-9)16-17(3,11)12/h5-8H,4H2,1-3H3/t5-,6-,7+,8-/m1/s1. The molecule has 0 spiro atoms. The lowest BCUT2D eigenvalue weighted by atomic mass is 10.1. The molecule has 0 aromatic rings. The highest BCUT2D eigenvalue weighted by atomic mass is 35.5. The van der Waals surface area contributed by atoms with E-state index in [1.165, 1.54) is 0 Å². The third-order valence-electron chi connectivity index (χ3n) is 2.51. The predicted octanol–water partition coefficient (Wildman–Crippen LogP) is 0.446. The van der Waals surface area contributed by atoms with Gasteiger partial charge in [0.1, 0.15) is 18.3 Å². The molecular weight excluding hydrogens is 272 g/mol. The summed E-state index contributed by atoms with van der Waals surface area (Å²) in [7, 11) is -3.63. The highest BCUT2D eigenvalue weighted by Crippen LogP contribution is 2.36. The van der Waals surface area contributed by atoms with Crippen LogP contribution >= 0.6 is 11.6 Å². The maximum atomic E-state index is 11.2. The predicted molar refractivity (Wildman–Crippen MR) is 59.1 cm³/mol. The number of fused-ring (bicyclic) bond motifs is 1. The topological polar surface area (TPSA) is 71.1 Å². The summed E-state index contributed by atoms with van der Waals surface area (Å²) in [6, 6.07) is 0. The van der Waals surface area contributed by atoms with Crippen molar-refractivity contribution in [3.63, 3.8) is 0 Å². The van der Waals surface area contributed by atoms with Crippen LogP contribution in [-0.2, 0) is 28.5 Å². The first kappa shape index (κ1) is 13.5. The van der Waals surface area contributed by atoms with E-state index >= 15 is 0 Å². The maximum absolute atomic E-state index is 11.2. The Bertz CT molecular complexity index is 394. The molecule has 0 aromatic carbocycles. The first-order chi connectivity index (χ1) is 7.68. The van der Waals surface area contributed by atoms with Crippen LogP contribution in [0.2, 0.25) is 0 Å². The molecule has 2 fully saturated rings. The molecule has 8 heteroatoms. The summed E-state index contributed by atoms with van der Waals surface area (Å²) in [5.74, 6) is -0.793. The summed E-state index contributed by atoms with van der Waals surface area (Å²) >= 11 is 5.90. The lowest BCUT2D eigenvalue weighted by Gasteiger charge is -2.33. The zero-order valence-corrected chi connectivity index (χ0v) is 11.3. The van der Waals surface area contributed by atoms with E-state index in [1.807, 2.05) is 0 Å². The van der Waals surface area contributed by atoms with Gasteiger partial charge in [-0.25, -0.2) is 0 Å². The fourth-order valence-electron chi connectivity index (χ4n) is 2.00. The lowest BCUT2D eigenvalue weighted by Crippen LogP contribution is -2.51. The van der Waals surface area contributed by atoms with E-state index in [9.17, 15) is 8.42 Å². The first-order valence-corrected chi connectivity index (χ1v) is 7.43. The molecule has 4 atom stereocenters. The molecule has 0 aliphatic carbocycles. The smallest absolute Gasteiger partial charge is 0.264 e. The summed E-state index contributed by atoms with van der Waals surface area (Å²) in [6.45, 7) is 3.74. The van der Waals surface area contributed by atoms with Crippen LogP contribution in [0.25, 0.3) is 0 Å². The molecule has 0 amide bonds. The molecule has 2 aliphatic rings. The second kappa shape index (κ2) is 4.32. The zero-order chi connectivity index (χ0) is 12.8. The monoisotopic (exact) mass is 286 g/mol. The Kier molecular flexibility index (Phi) is 3.44. The molecule has 0 bridgehead atoms. The van der Waals surface area contributed by atoms with Gasteiger partial charge in [0.05, 0.1) is 12.9 Å². The molecule has 2 rings (SSSR count). The van der Waals surface area contributed by atoms with Crippen molar-refractivity contribution in [2.24, 2.45) is 0 Å². The highest BCUT2D eigenvalue weighted by molar-refractivity contribution is 7.86. The van der Waals surface area contributed by atoms with Crippen LogP contribution in [0.15, 0.2) is 0 Å². The summed E-state index contributed by atoms with van der Waals surface area (Å²) in [5.41, 5.74) is -0.872. The van der Waals surface area contributed by atoms with E-state index in [4.69, 9.17) is 30.0 Å². The number of hydrogen-bond donors (Lipinski definition) is 0. The fraction of sp³-hybridized carbons (Fsp3) is 1.00. The first-order valence-electron chi connectivity index (χ1n) is 5.17. The van der Waals surface area contributed by atoms with Gasteiger partial charge in [-0.05, 0) is 13.8 Å². The van der Waals surface area contributed by atoms with Gasteiger partial charge in [0.2, 0.25) is 0 Å². The SMILES string of the molecule is CC1(C)O[C@H]2[C@H](OS(C)(=O)=O)[C@H](Cl)OC[C@H]2O1. The molecule has 2 aliphatic heterocycles. The Morgan fingerprint density at radius 2 is 2.00 bits per heavy atom.